The van der Waals surface area contributed by atoms with Crippen molar-refractivity contribution in [3.05, 3.63) is 47.8 Å². The first-order chi connectivity index (χ1) is 8.79. The fourth-order valence-electron chi connectivity index (χ4n) is 1.64. The molecule has 18 heavy (non-hydrogen) atoms. The minimum absolute atomic E-state index is 0.327. The summed E-state index contributed by atoms with van der Waals surface area (Å²) in [6.07, 6.45) is 5.16. The average molecular weight is 244 g/mol. The zero-order chi connectivity index (χ0) is 12.8. The Kier molecular flexibility index (Phi) is 3.92. The fraction of sp³-hybridized carbons (Fsp3) is 0.231. The van der Waals surface area contributed by atoms with Gasteiger partial charge < -0.3 is 10.3 Å². The molecule has 0 unspecified atom stereocenters. The molecule has 92 valence electrons. The second-order valence-electron chi connectivity index (χ2n) is 3.87. The van der Waals surface area contributed by atoms with Crippen LogP contribution in [-0.2, 0) is 6.42 Å². The van der Waals surface area contributed by atoms with E-state index in [9.17, 15) is 4.39 Å². The van der Waals surface area contributed by atoms with E-state index in [4.69, 9.17) is 5.26 Å². The van der Waals surface area contributed by atoms with Crippen molar-refractivity contribution in [1.29, 1.82) is 5.26 Å². The molecule has 1 aromatic carbocycles. The van der Waals surface area contributed by atoms with Gasteiger partial charge in [-0.15, -0.1) is 0 Å². The van der Waals surface area contributed by atoms with Crippen LogP contribution in [0.5, 0.6) is 0 Å². The Balaban J connectivity index is 1.82. The number of aryl methyl sites for hydroxylation is 1. The number of halogens is 1. The first kappa shape index (κ1) is 12.1. The lowest BCUT2D eigenvalue weighted by Crippen LogP contribution is -2.05. The predicted octanol–water partition coefficient (Wildman–Crippen LogP) is 2.47. The highest BCUT2D eigenvalue weighted by atomic mass is 19.1. The molecule has 0 bridgehead atoms. The standard InChI is InChI=1S/C13H13FN4/c14-11-8-10(9-15)3-4-12(11)16-5-1-2-13-17-6-7-18-13/h3-4,6-8,16H,1-2,5H2,(H,17,18). The predicted molar refractivity (Wildman–Crippen MR) is 66.5 cm³/mol. The first-order valence-electron chi connectivity index (χ1n) is 5.71. The summed E-state index contributed by atoms with van der Waals surface area (Å²) in [6, 6.07) is 6.31. The molecule has 5 heteroatoms. The Morgan fingerprint density at radius 2 is 2.33 bits per heavy atom. The zero-order valence-electron chi connectivity index (χ0n) is 9.78. The summed E-state index contributed by atoms with van der Waals surface area (Å²) in [7, 11) is 0. The van der Waals surface area contributed by atoms with Crippen LogP contribution < -0.4 is 5.32 Å². The molecule has 2 aromatic rings. The number of hydrogen-bond acceptors (Lipinski definition) is 3. The SMILES string of the molecule is N#Cc1ccc(NCCCc2ncc[nH]2)c(F)c1. The second-order valence-corrected chi connectivity index (χ2v) is 3.87. The van der Waals surface area contributed by atoms with Gasteiger partial charge in [-0.2, -0.15) is 5.26 Å². The Labute approximate surface area is 104 Å². The molecular formula is C13H13FN4. The largest absolute Gasteiger partial charge is 0.383 e. The van der Waals surface area contributed by atoms with Gasteiger partial charge >= 0.3 is 0 Å². The lowest BCUT2D eigenvalue weighted by atomic mass is 10.2. The maximum atomic E-state index is 13.5. The smallest absolute Gasteiger partial charge is 0.147 e. The fourth-order valence-corrected chi connectivity index (χ4v) is 1.64. The van der Waals surface area contributed by atoms with Gasteiger partial charge in [-0.25, -0.2) is 9.37 Å². The number of aromatic amines is 1. The van der Waals surface area contributed by atoms with Crippen molar-refractivity contribution >= 4 is 5.69 Å². The van der Waals surface area contributed by atoms with Crippen LogP contribution in [0, 0.1) is 17.1 Å². The van der Waals surface area contributed by atoms with E-state index in [1.807, 2.05) is 6.07 Å². The van der Waals surface area contributed by atoms with Crippen molar-refractivity contribution in [3.63, 3.8) is 0 Å². The number of nitriles is 1. The van der Waals surface area contributed by atoms with Crippen molar-refractivity contribution in [2.75, 3.05) is 11.9 Å². The third kappa shape index (κ3) is 3.08. The molecule has 0 aliphatic carbocycles. The Bertz CT molecular complexity index is 543. The summed E-state index contributed by atoms with van der Waals surface area (Å²) in [5.41, 5.74) is 0.752. The van der Waals surface area contributed by atoms with Gasteiger partial charge in [0.1, 0.15) is 11.6 Å². The Morgan fingerprint density at radius 3 is 3.00 bits per heavy atom. The highest BCUT2D eigenvalue weighted by Crippen LogP contribution is 2.15. The minimum Gasteiger partial charge on any atom is -0.383 e. The van der Waals surface area contributed by atoms with Crippen LogP contribution in [0.2, 0.25) is 0 Å². The van der Waals surface area contributed by atoms with Crippen LogP contribution in [0.25, 0.3) is 0 Å². The summed E-state index contributed by atoms with van der Waals surface area (Å²) in [4.78, 5) is 7.12. The van der Waals surface area contributed by atoms with E-state index < -0.39 is 5.82 Å². The zero-order valence-corrected chi connectivity index (χ0v) is 9.78. The molecule has 1 aromatic heterocycles. The van der Waals surface area contributed by atoms with E-state index >= 15 is 0 Å². The van der Waals surface area contributed by atoms with Crippen LogP contribution in [-0.4, -0.2) is 16.5 Å². The van der Waals surface area contributed by atoms with Gasteiger partial charge in [0.25, 0.3) is 0 Å². The van der Waals surface area contributed by atoms with E-state index in [-0.39, 0.29) is 0 Å². The van der Waals surface area contributed by atoms with Gasteiger partial charge in [0.15, 0.2) is 0 Å². The monoisotopic (exact) mass is 244 g/mol. The number of anilines is 1. The third-order valence-electron chi connectivity index (χ3n) is 2.56. The highest BCUT2D eigenvalue weighted by Gasteiger charge is 2.02. The third-order valence-corrected chi connectivity index (χ3v) is 2.56. The molecule has 1 heterocycles. The van der Waals surface area contributed by atoms with Gasteiger partial charge in [-0.05, 0) is 24.6 Å². The maximum absolute atomic E-state index is 13.5. The van der Waals surface area contributed by atoms with E-state index in [0.717, 1.165) is 18.7 Å². The van der Waals surface area contributed by atoms with Gasteiger partial charge in [0, 0.05) is 25.4 Å². The van der Waals surface area contributed by atoms with Crippen molar-refractivity contribution in [1.82, 2.24) is 9.97 Å². The lowest BCUT2D eigenvalue weighted by molar-refractivity contribution is 0.629. The molecular weight excluding hydrogens is 231 g/mol. The van der Waals surface area contributed by atoms with Crippen molar-refractivity contribution in [3.8, 4) is 6.07 Å². The molecule has 4 nitrogen and oxygen atoms in total. The second kappa shape index (κ2) is 5.82. The van der Waals surface area contributed by atoms with Gasteiger partial charge in [-0.3, -0.25) is 0 Å². The normalized spacial score (nSPS) is 10.0. The Hall–Kier alpha value is -2.35. The summed E-state index contributed by atoms with van der Waals surface area (Å²) < 4.78 is 13.5. The molecule has 2 N–H and O–H groups in total. The molecule has 0 saturated carbocycles. The number of rotatable bonds is 5. The van der Waals surface area contributed by atoms with Crippen LogP contribution in [0.4, 0.5) is 10.1 Å². The quantitative estimate of drug-likeness (QED) is 0.794. The van der Waals surface area contributed by atoms with Crippen LogP contribution in [0.1, 0.15) is 17.8 Å². The maximum Gasteiger partial charge on any atom is 0.147 e. The topological polar surface area (TPSA) is 64.5 Å². The summed E-state index contributed by atoms with van der Waals surface area (Å²) >= 11 is 0. The molecule has 0 aliphatic rings. The summed E-state index contributed by atoms with van der Waals surface area (Å²) in [6.45, 7) is 0.656. The van der Waals surface area contributed by atoms with Crippen LogP contribution in [0.3, 0.4) is 0 Å². The van der Waals surface area contributed by atoms with Crippen molar-refractivity contribution in [2.24, 2.45) is 0 Å². The lowest BCUT2D eigenvalue weighted by Gasteiger charge is -2.06. The van der Waals surface area contributed by atoms with E-state index in [0.29, 0.717) is 17.8 Å². The van der Waals surface area contributed by atoms with E-state index in [2.05, 4.69) is 15.3 Å². The number of aromatic nitrogens is 2. The van der Waals surface area contributed by atoms with Crippen molar-refractivity contribution in [2.45, 2.75) is 12.8 Å². The number of hydrogen-bond donors (Lipinski definition) is 2. The molecule has 0 amide bonds. The van der Waals surface area contributed by atoms with Crippen LogP contribution >= 0.6 is 0 Å². The highest BCUT2D eigenvalue weighted by molar-refractivity contribution is 5.48. The number of H-pyrrole nitrogens is 1. The molecule has 0 saturated heterocycles. The van der Waals surface area contributed by atoms with Gasteiger partial charge in [-0.1, -0.05) is 0 Å². The first-order valence-corrected chi connectivity index (χ1v) is 5.71. The number of nitrogens with zero attached hydrogens (tertiary/aromatic N) is 2. The molecule has 0 atom stereocenters. The molecule has 0 fully saturated rings. The molecule has 2 rings (SSSR count). The summed E-state index contributed by atoms with van der Waals surface area (Å²) in [5.74, 6) is 0.532. The summed E-state index contributed by atoms with van der Waals surface area (Å²) in [5, 5.41) is 11.6. The molecule has 0 spiro atoms. The molecule has 0 radical (unpaired) electrons. The number of imidazole rings is 1. The van der Waals surface area contributed by atoms with Gasteiger partial charge in [0.2, 0.25) is 0 Å². The minimum atomic E-state index is -0.396. The average Bonchev–Trinajstić information content (AvgIpc) is 2.89. The Morgan fingerprint density at radius 1 is 1.44 bits per heavy atom. The van der Waals surface area contributed by atoms with Gasteiger partial charge in [0.05, 0.1) is 17.3 Å². The number of nitrogens with one attached hydrogen (secondary N) is 2. The van der Waals surface area contributed by atoms with Crippen LogP contribution in [0.15, 0.2) is 30.6 Å². The van der Waals surface area contributed by atoms with Crippen molar-refractivity contribution < 1.29 is 4.39 Å². The van der Waals surface area contributed by atoms with E-state index in [1.165, 1.54) is 6.07 Å². The number of benzene rings is 1. The molecule has 0 aliphatic heterocycles. The van der Waals surface area contributed by atoms with E-state index in [1.54, 1.807) is 24.5 Å².